The average molecular weight is 333 g/mol. The fraction of sp³-hybridized carbons (Fsp3) is 0.312. The summed E-state index contributed by atoms with van der Waals surface area (Å²) in [6.07, 6.45) is 3.41. The normalized spacial score (nSPS) is 11.6. The minimum absolute atomic E-state index is 0.110. The Hall–Kier alpha value is -2.95. The Kier molecular flexibility index (Phi) is 5.84. The van der Waals surface area contributed by atoms with Crippen molar-refractivity contribution in [1.82, 2.24) is 20.4 Å². The summed E-state index contributed by atoms with van der Waals surface area (Å²) in [5.41, 5.74) is 0.547. The van der Waals surface area contributed by atoms with E-state index in [1.54, 1.807) is 13.1 Å². The van der Waals surface area contributed by atoms with E-state index in [2.05, 4.69) is 15.7 Å². The van der Waals surface area contributed by atoms with Crippen molar-refractivity contribution in [2.75, 3.05) is 6.54 Å². The van der Waals surface area contributed by atoms with Gasteiger partial charge < -0.3 is 10.6 Å². The molecule has 2 N–H and O–H groups in total. The van der Waals surface area contributed by atoms with Gasteiger partial charge in [-0.25, -0.2) is 13.6 Å². The molecule has 0 aliphatic heterocycles. The maximum atomic E-state index is 13.8. The molecule has 126 valence electrons. The molecule has 1 aromatic heterocycles. The van der Waals surface area contributed by atoms with Crippen LogP contribution in [0, 0.1) is 23.0 Å². The highest BCUT2D eigenvalue weighted by Crippen LogP contribution is 2.20. The summed E-state index contributed by atoms with van der Waals surface area (Å²) in [7, 11) is 0. The number of nitrogens with zero attached hydrogens (tertiary/aromatic N) is 3. The van der Waals surface area contributed by atoms with E-state index in [1.165, 1.54) is 10.9 Å². The lowest BCUT2D eigenvalue weighted by molar-refractivity contribution is 0.236. The van der Waals surface area contributed by atoms with E-state index in [9.17, 15) is 13.6 Å². The number of hydrogen-bond acceptors (Lipinski definition) is 3. The Labute approximate surface area is 138 Å². The first kappa shape index (κ1) is 17.4. The van der Waals surface area contributed by atoms with E-state index in [4.69, 9.17) is 5.26 Å². The van der Waals surface area contributed by atoms with E-state index >= 15 is 0 Å². The van der Waals surface area contributed by atoms with Crippen molar-refractivity contribution in [2.45, 2.75) is 25.9 Å². The largest absolute Gasteiger partial charge is 0.336 e. The molecule has 0 spiro atoms. The minimum atomic E-state index is -0.629. The van der Waals surface area contributed by atoms with Gasteiger partial charge in [-0.1, -0.05) is 6.92 Å². The summed E-state index contributed by atoms with van der Waals surface area (Å²) >= 11 is 0. The molecule has 0 radical (unpaired) electrons. The molecule has 0 fully saturated rings. The molecule has 1 heterocycles. The summed E-state index contributed by atoms with van der Waals surface area (Å²) in [6, 6.07) is 3.99. The van der Waals surface area contributed by atoms with Gasteiger partial charge in [0.2, 0.25) is 0 Å². The first-order valence-electron chi connectivity index (χ1n) is 7.45. The number of carbonyl (C=O) groups excluding carboxylic acids is 1. The molecule has 2 amide bonds. The predicted molar refractivity (Wildman–Crippen MR) is 82.9 cm³/mol. The van der Waals surface area contributed by atoms with Crippen LogP contribution in [0.5, 0.6) is 0 Å². The fourth-order valence-electron chi connectivity index (χ4n) is 2.22. The van der Waals surface area contributed by atoms with Crippen LogP contribution in [0.3, 0.4) is 0 Å². The van der Waals surface area contributed by atoms with E-state index in [1.807, 2.05) is 6.07 Å². The van der Waals surface area contributed by atoms with Crippen LogP contribution in [-0.2, 0) is 6.54 Å². The van der Waals surface area contributed by atoms with Crippen LogP contribution in [-0.4, -0.2) is 22.4 Å². The number of nitriles is 1. The van der Waals surface area contributed by atoms with Gasteiger partial charge in [-0.2, -0.15) is 10.4 Å². The molecule has 1 atom stereocenters. The lowest BCUT2D eigenvalue weighted by Gasteiger charge is -2.18. The molecule has 0 aliphatic rings. The third-order valence-corrected chi connectivity index (χ3v) is 3.44. The molecule has 2 aromatic rings. The van der Waals surface area contributed by atoms with Crippen LogP contribution in [0.25, 0.3) is 0 Å². The number of halogens is 2. The van der Waals surface area contributed by atoms with Crippen molar-refractivity contribution in [1.29, 1.82) is 5.26 Å². The lowest BCUT2D eigenvalue weighted by atomic mass is 10.0. The number of amides is 2. The average Bonchev–Trinajstić information content (AvgIpc) is 3.03. The number of nitrogens with one attached hydrogen (secondary N) is 2. The zero-order valence-electron chi connectivity index (χ0n) is 13.1. The highest BCUT2D eigenvalue weighted by atomic mass is 19.1. The van der Waals surface area contributed by atoms with Gasteiger partial charge in [-0.15, -0.1) is 0 Å². The molecule has 6 nitrogen and oxygen atoms in total. The van der Waals surface area contributed by atoms with Crippen LogP contribution in [0.1, 0.15) is 30.5 Å². The lowest BCUT2D eigenvalue weighted by Crippen LogP contribution is -2.39. The first-order chi connectivity index (χ1) is 11.5. The molecule has 2 rings (SSSR count). The zero-order valence-corrected chi connectivity index (χ0v) is 13.1. The van der Waals surface area contributed by atoms with E-state index in [-0.39, 0.29) is 12.1 Å². The van der Waals surface area contributed by atoms with Crippen LogP contribution >= 0.6 is 0 Å². The summed E-state index contributed by atoms with van der Waals surface area (Å²) in [6.45, 7) is 2.43. The third kappa shape index (κ3) is 4.52. The summed E-state index contributed by atoms with van der Waals surface area (Å²) in [5.74, 6) is -1.12. The van der Waals surface area contributed by atoms with Crippen molar-refractivity contribution >= 4 is 6.03 Å². The monoisotopic (exact) mass is 333 g/mol. The second-order valence-corrected chi connectivity index (χ2v) is 5.13. The fourth-order valence-corrected chi connectivity index (χ4v) is 2.22. The van der Waals surface area contributed by atoms with Gasteiger partial charge in [-0.05, 0) is 24.6 Å². The van der Waals surface area contributed by atoms with Gasteiger partial charge in [0.15, 0.2) is 0 Å². The standard InChI is InChI=1S/C16H17F2N5O/c1-2-15(13-7-12(17)3-4-14(13)18)22-16(24)20-5-6-23-10-11(8-19)9-21-23/h3-4,7,9-10,15H,2,5-6H2,1H3,(H2,20,22,24)/t15-/m1/s1. The Bertz CT molecular complexity index is 753. The molecule has 1 aromatic carbocycles. The number of urea groups is 1. The first-order valence-corrected chi connectivity index (χ1v) is 7.45. The summed E-state index contributed by atoms with van der Waals surface area (Å²) in [4.78, 5) is 11.9. The Morgan fingerprint density at radius 2 is 2.25 bits per heavy atom. The van der Waals surface area contributed by atoms with Gasteiger partial charge in [0.1, 0.15) is 17.7 Å². The van der Waals surface area contributed by atoms with Gasteiger partial charge in [-0.3, -0.25) is 4.68 Å². The van der Waals surface area contributed by atoms with E-state index in [0.29, 0.717) is 18.5 Å². The number of benzene rings is 1. The number of aromatic nitrogens is 2. The van der Waals surface area contributed by atoms with Gasteiger partial charge in [0, 0.05) is 18.3 Å². The smallest absolute Gasteiger partial charge is 0.315 e. The Morgan fingerprint density at radius 1 is 1.46 bits per heavy atom. The van der Waals surface area contributed by atoms with Crippen molar-refractivity contribution in [3.05, 3.63) is 53.4 Å². The van der Waals surface area contributed by atoms with Crippen LogP contribution in [0.15, 0.2) is 30.6 Å². The maximum Gasteiger partial charge on any atom is 0.315 e. The highest BCUT2D eigenvalue weighted by molar-refractivity contribution is 5.74. The van der Waals surface area contributed by atoms with Gasteiger partial charge >= 0.3 is 6.03 Å². The van der Waals surface area contributed by atoms with Gasteiger partial charge in [0.25, 0.3) is 0 Å². The zero-order chi connectivity index (χ0) is 17.5. The molecule has 0 saturated heterocycles. The van der Waals surface area contributed by atoms with Gasteiger partial charge in [0.05, 0.1) is 24.3 Å². The van der Waals surface area contributed by atoms with E-state index in [0.717, 1.165) is 18.2 Å². The van der Waals surface area contributed by atoms with Crippen LogP contribution in [0.2, 0.25) is 0 Å². The SMILES string of the molecule is CC[C@@H](NC(=O)NCCn1cc(C#N)cn1)c1cc(F)ccc1F. The van der Waals surface area contributed by atoms with Crippen molar-refractivity contribution in [3.8, 4) is 6.07 Å². The molecular weight excluding hydrogens is 316 g/mol. The molecule has 0 saturated carbocycles. The third-order valence-electron chi connectivity index (χ3n) is 3.44. The molecule has 24 heavy (non-hydrogen) atoms. The number of carbonyl (C=O) groups is 1. The van der Waals surface area contributed by atoms with Crippen LogP contribution in [0.4, 0.5) is 13.6 Å². The van der Waals surface area contributed by atoms with Crippen molar-refractivity contribution < 1.29 is 13.6 Å². The minimum Gasteiger partial charge on any atom is -0.336 e. The number of rotatable bonds is 6. The topological polar surface area (TPSA) is 82.7 Å². The quantitative estimate of drug-likeness (QED) is 0.852. The number of hydrogen-bond donors (Lipinski definition) is 2. The predicted octanol–water partition coefficient (Wildman–Crippen LogP) is 2.48. The maximum absolute atomic E-state index is 13.8. The molecule has 0 unspecified atom stereocenters. The summed E-state index contributed by atoms with van der Waals surface area (Å²) < 4.78 is 28.6. The Balaban J connectivity index is 1.88. The second-order valence-electron chi connectivity index (χ2n) is 5.13. The van der Waals surface area contributed by atoms with E-state index < -0.39 is 23.7 Å². The summed E-state index contributed by atoms with van der Waals surface area (Å²) in [5, 5.41) is 17.9. The van der Waals surface area contributed by atoms with Crippen molar-refractivity contribution in [2.24, 2.45) is 0 Å². The van der Waals surface area contributed by atoms with Crippen molar-refractivity contribution in [3.63, 3.8) is 0 Å². The second kappa shape index (κ2) is 8.06. The van der Waals surface area contributed by atoms with Crippen LogP contribution < -0.4 is 10.6 Å². The Morgan fingerprint density at radius 3 is 2.92 bits per heavy atom. The molecule has 0 bridgehead atoms. The molecule has 8 heteroatoms. The molecular formula is C16H17F2N5O. The molecule has 0 aliphatic carbocycles. The highest BCUT2D eigenvalue weighted by Gasteiger charge is 2.17.